The Morgan fingerprint density at radius 2 is 1.44 bits per heavy atom. The van der Waals surface area contributed by atoms with Crippen molar-refractivity contribution in [2.24, 2.45) is 0 Å². The number of Topliss-reactive ketones (excluding diaryl/α,β-unsaturated/α-hetero) is 2. The summed E-state index contributed by atoms with van der Waals surface area (Å²) in [7, 11) is 0. The van der Waals surface area contributed by atoms with Gasteiger partial charge in [-0.2, -0.15) is 4.57 Å². The summed E-state index contributed by atoms with van der Waals surface area (Å²) in [5.41, 5.74) is 1.56. The highest BCUT2D eigenvalue weighted by Gasteiger charge is 2.35. The third kappa shape index (κ3) is 4.16. The SMILES string of the molecule is CCCCCCCCc1cc[n+](C2=C([O-])c3ccccc3C(=O)C2=O)cc1. The van der Waals surface area contributed by atoms with Crippen LogP contribution < -0.4 is 9.67 Å². The zero-order chi connectivity index (χ0) is 19.2. The minimum Gasteiger partial charge on any atom is -0.867 e. The summed E-state index contributed by atoms with van der Waals surface area (Å²) >= 11 is 0. The molecule has 1 aromatic heterocycles. The van der Waals surface area contributed by atoms with Crippen LogP contribution in [0.4, 0.5) is 0 Å². The van der Waals surface area contributed by atoms with Crippen LogP contribution in [0.15, 0.2) is 48.8 Å². The van der Waals surface area contributed by atoms with Crippen LogP contribution in [0.3, 0.4) is 0 Å². The molecule has 0 saturated carbocycles. The molecule has 0 N–H and O–H groups in total. The van der Waals surface area contributed by atoms with Gasteiger partial charge >= 0.3 is 0 Å². The van der Waals surface area contributed by atoms with Crippen molar-refractivity contribution in [1.29, 1.82) is 0 Å². The van der Waals surface area contributed by atoms with Crippen LogP contribution in [0.25, 0.3) is 11.5 Å². The van der Waals surface area contributed by atoms with E-state index in [9.17, 15) is 14.7 Å². The Kier molecular flexibility index (Phi) is 6.17. The van der Waals surface area contributed by atoms with Crippen LogP contribution in [-0.4, -0.2) is 11.6 Å². The standard InChI is InChI=1S/C23H25NO3/c1-2-3-4-5-6-7-10-17-13-15-24(16-14-17)20-21(25)18-11-8-9-12-19(18)22(26)23(20)27/h8-9,11-16H,2-7,10H2,1H3. The molecule has 2 aromatic rings. The average Bonchev–Trinajstić information content (AvgIpc) is 2.70. The second-order valence-electron chi connectivity index (χ2n) is 7.01. The highest BCUT2D eigenvalue weighted by atomic mass is 16.3. The number of fused-ring (bicyclic) bond motifs is 1. The van der Waals surface area contributed by atoms with Crippen LogP contribution >= 0.6 is 0 Å². The van der Waals surface area contributed by atoms with Gasteiger partial charge in [0.15, 0.2) is 12.4 Å². The van der Waals surface area contributed by atoms with Crippen molar-refractivity contribution >= 4 is 23.0 Å². The number of rotatable bonds is 8. The van der Waals surface area contributed by atoms with Crippen molar-refractivity contribution in [3.8, 4) is 0 Å². The van der Waals surface area contributed by atoms with E-state index in [2.05, 4.69) is 6.92 Å². The fourth-order valence-electron chi connectivity index (χ4n) is 3.46. The summed E-state index contributed by atoms with van der Waals surface area (Å²) in [5.74, 6) is -1.76. The first-order valence-electron chi connectivity index (χ1n) is 9.73. The predicted molar refractivity (Wildman–Crippen MR) is 103 cm³/mol. The molecule has 4 heteroatoms. The average molecular weight is 363 g/mol. The lowest BCUT2D eigenvalue weighted by Gasteiger charge is -2.21. The lowest BCUT2D eigenvalue weighted by Crippen LogP contribution is -2.43. The molecule has 0 radical (unpaired) electrons. The minimum absolute atomic E-state index is 0.0928. The van der Waals surface area contributed by atoms with Gasteiger partial charge in [0.2, 0.25) is 5.78 Å². The summed E-state index contributed by atoms with van der Waals surface area (Å²) in [6, 6.07) is 10.3. The van der Waals surface area contributed by atoms with E-state index in [1.807, 2.05) is 12.1 Å². The Hall–Kier alpha value is -2.75. The number of aryl methyl sites for hydroxylation is 1. The molecule has 0 aliphatic heterocycles. The third-order valence-electron chi connectivity index (χ3n) is 5.03. The summed E-state index contributed by atoms with van der Waals surface area (Å²) in [6.45, 7) is 2.21. The highest BCUT2D eigenvalue weighted by molar-refractivity contribution is 6.58. The maximum absolute atomic E-state index is 12.7. The summed E-state index contributed by atoms with van der Waals surface area (Å²) in [4.78, 5) is 24.8. The van der Waals surface area contributed by atoms with Crippen molar-refractivity contribution < 1.29 is 19.3 Å². The molecule has 27 heavy (non-hydrogen) atoms. The van der Waals surface area contributed by atoms with Crippen molar-refractivity contribution in [3.05, 3.63) is 65.5 Å². The van der Waals surface area contributed by atoms with Gasteiger partial charge < -0.3 is 5.11 Å². The number of benzene rings is 1. The molecule has 4 nitrogen and oxygen atoms in total. The van der Waals surface area contributed by atoms with Crippen molar-refractivity contribution in [1.82, 2.24) is 0 Å². The lowest BCUT2D eigenvalue weighted by atomic mass is 9.91. The molecule has 1 aliphatic carbocycles. The number of nitrogens with zero attached hydrogens (tertiary/aromatic N) is 1. The molecule has 0 bridgehead atoms. The van der Waals surface area contributed by atoms with Crippen molar-refractivity contribution in [2.75, 3.05) is 0 Å². The van der Waals surface area contributed by atoms with Gasteiger partial charge in [-0.25, -0.2) is 0 Å². The molecule has 1 aliphatic rings. The van der Waals surface area contributed by atoms with Crippen LogP contribution in [0.2, 0.25) is 0 Å². The van der Waals surface area contributed by atoms with E-state index in [0.29, 0.717) is 5.56 Å². The monoisotopic (exact) mass is 363 g/mol. The number of pyridine rings is 1. The molecule has 0 unspecified atom stereocenters. The Labute approximate surface area is 160 Å². The van der Waals surface area contributed by atoms with Gasteiger partial charge in [0.25, 0.3) is 11.5 Å². The second kappa shape index (κ2) is 8.76. The molecule has 0 atom stereocenters. The maximum atomic E-state index is 12.7. The maximum Gasteiger partial charge on any atom is 0.296 e. The van der Waals surface area contributed by atoms with Gasteiger partial charge in [-0.3, -0.25) is 9.59 Å². The van der Waals surface area contributed by atoms with E-state index in [0.717, 1.165) is 12.8 Å². The fraction of sp³-hybridized carbons (Fsp3) is 0.348. The Morgan fingerprint density at radius 3 is 2.15 bits per heavy atom. The third-order valence-corrected chi connectivity index (χ3v) is 5.03. The van der Waals surface area contributed by atoms with Gasteiger partial charge in [0.1, 0.15) is 0 Å². The largest absolute Gasteiger partial charge is 0.867 e. The van der Waals surface area contributed by atoms with E-state index < -0.39 is 17.3 Å². The van der Waals surface area contributed by atoms with Gasteiger partial charge in [0, 0.05) is 17.7 Å². The molecular weight excluding hydrogens is 338 g/mol. The summed E-state index contributed by atoms with van der Waals surface area (Å²) in [5, 5.41) is 12.7. The summed E-state index contributed by atoms with van der Waals surface area (Å²) in [6.07, 6.45) is 11.9. The van der Waals surface area contributed by atoms with Crippen molar-refractivity contribution in [2.45, 2.75) is 51.9 Å². The molecule has 0 spiro atoms. The zero-order valence-corrected chi connectivity index (χ0v) is 15.7. The second-order valence-corrected chi connectivity index (χ2v) is 7.01. The van der Waals surface area contributed by atoms with E-state index >= 15 is 0 Å². The first-order valence-corrected chi connectivity index (χ1v) is 9.73. The molecule has 3 rings (SSSR count). The first-order chi connectivity index (χ1) is 13.1. The Bertz CT molecular complexity index is 865. The minimum atomic E-state index is -0.743. The molecule has 0 amide bonds. The number of ketones is 2. The highest BCUT2D eigenvalue weighted by Crippen LogP contribution is 2.25. The number of aromatic nitrogens is 1. The number of unbranched alkanes of at least 4 members (excludes halogenated alkanes) is 5. The molecule has 0 saturated heterocycles. The van der Waals surface area contributed by atoms with Gasteiger partial charge in [-0.05, 0) is 29.7 Å². The van der Waals surface area contributed by atoms with Crippen LogP contribution in [0.1, 0.15) is 66.9 Å². The molecule has 140 valence electrons. The van der Waals surface area contributed by atoms with E-state index in [4.69, 9.17) is 0 Å². The quantitative estimate of drug-likeness (QED) is 0.411. The van der Waals surface area contributed by atoms with E-state index in [1.54, 1.807) is 30.6 Å². The molecular formula is C23H25NO3. The Balaban J connectivity index is 1.73. The van der Waals surface area contributed by atoms with Crippen LogP contribution in [0, 0.1) is 0 Å². The number of carbonyl (C=O) groups is 2. The molecule has 1 heterocycles. The van der Waals surface area contributed by atoms with Crippen molar-refractivity contribution in [3.63, 3.8) is 0 Å². The lowest BCUT2D eigenvalue weighted by molar-refractivity contribution is -0.579. The fourth-order valence-corrected chi connectivity index (χ4v) is 3.46. The van der Waals surface area contributed by atoms with Crippen LogP contribution in [0.5, 0.6) is 0 Å². The number of hydrogen-bond acceptors (Lipinski definition) is 3. The first kappa shape index (κ1) is 19.0. The Morgan fingerprint density at radius 1 is 0.815 bits per heavy atom. The molecule has 1 aromatic carbocycles. The van der Waals surface area contributed by atoms with Gasteiger partial charge in [-0.15, -0.1) is 0 Å². The van der Waals surface area contributed by atoms with E-state index in [-0.39, 0.29) is 11.3 Å². The number of carbonyl (C=O) groups excluding carboxylic acids is 2. The topological polar surface area (TPSA) is 61.1 Å². The van der Waals surface area contributed by atoms with Crippen LogP contribution in [-0.2, 0) is 11.2 Å². The van der Waals surface area contributed by atoms with E-state index in [1.165, 1.54) is 48.3 Å². The van der Waals surface area contributed by atoms with Gasteiger partial charge in [-0.1, -0.05) is 63.3 Å². The van der Waals surface area contributed by atoms with Gasteiger partial charge in [0.05, 0.1) is 0 Å². The predicted octanol–water partition coefficient (Wildman–Crippen LogP) is 3.33. The summed E-state index contributed by atoms with van der Waals surface area (Å²) < 4.78 is 1.48. The molecule has 0 fully saturated rings. The normalized spacial score (nSPS) is 13.8. The zero-order valence-electron chi connectivity index (χ0n) is 15.7. The number of allylic oxidation sites excluding steroid dienone is 1. The number of hydrogen-bond donors (Lipinski definition) is 0. The smallest absolute Gasteiger partial charge is 0.296 e.